The van der Waals surface area contributed by atoms with Gasteiger partial charge in [0.25, 0.3) is 0 Å². The topological polar surface area (TPSA) is 34.1 Å². The summed E-state index contributed by atoms with van der Waals surface area (Å²) in [6.07, 6.45) is 1.67. The van der Waals surface area contributed by atoms with Crippen molar-refractivity contribution >= 4 is 17.3 Å². The van der Waals surface area contributed by atoms with Crippen LogP contribution >= 0.6 is 11.6 Å². The average molecular weight is 263 g/mol. The van der Waals surface area contributed by atoms with Crippen LogP contribution in [0, 0.1) is 0 Å². The quantitative estimate of drug-likeness (QED) is 0.838. The van der Waals surface area contributed by atoms with Gasteiger partial charge in [-0.15, -0.1) is 0 Å². The lowest BCUT2D eigenvalue weighted by atomic mass is 10.1. The minimum absolute atomic E-state index is 0.491. The maximum atomic E-state index is 5.98. The largest absolute Gasteiger partial charge is 0.380 e. The van der Waals surface area contributed by atoms with E-state index in [9.17, 15) is 0 Å². The van der Waals surface area contributed by atoms with Gasteiger partial charge in [0, 0.05) is 19.9 Å². The number of aromatic nitrogens is 1. The Morgan fingerprint density at radius 3 is 2.83 bits per heavy atom. The first-order valence-corrected chi connectivity index (χ1v) is 6.08. The SMILES string of the molecule is COCc1cccc(CNc2cccnc2Cl)c1. The molecule has 1 heterocycles. The molecule has 18 heavy (non-hydrogen) atoms. The Bertz CT molecular complexity index is 517. The zero-order valence-corrected chi connectivity index (χ0v) is 10.9. The van der Waals surface area contributed by atoms with E-state index in [1.54, 1.807) is 13.3 Å². The number of nitrogens with one attached hydrogen (secondary N) is 1. The summed E-state index contributed by atoms with van der Waals surface area (Å²) in [5.74, 6) is 0. The molecule has 0 saturated carbocycles. The van der Waals surface area contributed by atoms with E-state index in [2.05, 4.69) is 22.4 Å². The van der Waals surface area contributed by atoms with Crippen LogP contribution in [0.25, 0.3) is 0 Å². The minimum Gasteiger partial charge on any atom is -0.380 e. The second kappa shape index (κ2) is 6.38. The zero-order chi connectivity index (χ0) is 12.8. The first kappa shape index (κ1) is 12.9. The van der Waals surface area contributed by atoms with Crippen LogP contribution in [0.5, 0.6) is 0 Å². The van der Waals surface area contributed by atoms with E-state index in [4.69, 9.17) is 16.3 Å². The standard InChI is InChI=1S/C14H15ClN2O/c1-18-10-12-5-2-4-11(8-12)9-17-13-6-3-7-16-14(13)15/h2-8,17H,9-10H2,1H3. The van der Waals surface area contributed by atoms with Crippen molar-refractivity contribution < 1.29 is 4.74 Å². The van der Waals surface area contributed by atoms with E-state index in [1.807, 2.05) is 24.3 Å². The number of halogens is 1. The maximum Gasteiger partial charge on any atom is 0.152 e. The Balaban J connectivity index is 2.02. The summed E-state index contributed by atoms with van der Waals surface area (Å²) in [7, 11) is 1.69. The molecule has 2 rings (SSSR count). The van der Waals surface area contributed by atoms with E-state index in [-0.39, 0.29) is 0 Å². The van der Waals surface area contributed by atoms with Crippen LogP contribution in [0.4, 0.5) is 5.69 Å². The predicted octanol–water partition coefficient (Wildman–Crippen LogP) is 3.49. The molecular formula is C14H15ClN2O. The summed E-state index contributed by atoms with van der Waals surface area (Å²) >= 11 is 5.98. The van der Waals surface area contributed by atoms with Gasteiger partial charge in [-0.3, -0.25) is 0 Å². The molecule has 0 saturated heterocycles. The van der Waals surface area contributed by atoms with Crippen molar-refractivity contribution in [2.75, 3.05) is 12.4 Å². The highest BCUT2D eigenvalue weighted by Gasteiger charge is 2.00. The third kappa shape index (κ3) is 3.45. The van der Waals surface area contributed by atoms with Crippen LogP contribution in [0.15, 0.2) is 42.6 Å². The van der Waals surface area contributed by atoms with Gasteiger partial charge in [0.1, 0.15) is 0 Å². The fourth-order valence-electron chi connectivity index (χ4n) is 1.71. The average Bonchev–Trinajstić information content (AvgIpc) is 2.39. The third-order valence-electron chi connectivity index (χ3n) is 2.54. The summed E-state index contributed by atoms with van der Waals surface area (Å²) in [5.41, 5.74) is 3.19. The number of nitrogens with zero attached hydrogens (tertiary/aromatic N) is 1. The molecule has 1 aromatic carbocycles. The Labute approximate surface area is 112 Å². The molecule has 3 nitrogen and oxygen atoms in total. The monoisotopic (exact) mass is 262 g/mol. The van der Waals surface area contributed by atoms with E-state index < -0.39 is 0 Å². The molecule has 2 aromatic rings. The number of hydrogen-bond donors (Lipinski definition) is 1. The van der Waals surface area contributed by atoms with E-state index in [1.165, 1.54) is 5.56 Å². The van der Waals surface area contributed by atoms with Crippen LogP contribution in [-0.2, 0) is 17.9 Å². The first-order valence-electron chi connectivity index (χ1n) is 5.71. The molecule has 4 heteroatoms. The predicted molar refractivity (Wildman–Crippen MR) is 73.7 cm³/mol. The van der Waals surface area contributed by atoms with Gasteiger partial charge in [0.05, 0.1) is 12.3 Å². The smallest absolute Gasteiger partial charge is 0.152 e. The molecule has 0 amide bonds. The van der Waals surface area contributed by atoms with Crippen molar-refractivity contribution in [3.63, 3.8) is 0 Å². The van der Waals surface area contributed by atoms with Crippen LogP contribution in [0.2, 0.25) is 5.15 Å². The van der Waals surface area contributed by atoms with E-state index in [0.29, 0.717) is 18.3 Å². The number of pyridine rings is 1. The fraction of sp³-hybridized carbons (Fsp3) is 0.214. The van der Waals surface area contributed by atoms with Gasteiger partial charge in [-0.05, 0) is 23.3 Å². The number of benzene rings is 1. The van der Waals surface area contributed by atoms with Gasteiger partial charge in [-0.1, -0.05) is 35.9 Å². The van der Waals surface area contributed by atoms with Crippen molar-refractivity contribution in [1.29, 1.82) is 0 Å². The number of methoxy groups -OCH3 is 1. The van der Waals surface area contributed by atoms with Gasteiger partial charge >= 0.3 is 0 Å². The van der Waals surface area contributed by atoms with E-state index >= 15 is 0 Å². The number of anilines is 1. The lowest BCUT2D eigenvalue weighted by Gasteiger charge is -2.08. The molecule has 0 aliphatic heterocycles. The Morgan fingerprint density at radius 2 is 2.06 bits per heavy atom. The molecule has 1 N–H and O–H groups in total. The van der Waals surface area contributed by atoms with Crippen LogP contribution in [-0.4, -0.2) is 12.1 Å². The number of hydrogen-bond acceptors (Lipinski definition) is 3. The van der Waals surface area contributed by atoms with Crippen molar-refractivity contribution in [3.05, 3.63) is 58.9 Å². The molecule has 0 radical (unpaired) electrons. The molecule has 0 unspecified atom stereocenters. The molecule has 0 spiro atoms. The second-order valence-corrected chi connectivity index (χ2v) is 4.31. The number of ether oxygens (including phenoxy) is 1. The van der Waals surface area contributed by atoms with Gasteiger partial charge in [0.2, 0.25) is 0 Å². The van der Waals surface area contributed by atoms with Crippen molar-refractivity contribution in [1.82, 2.24) is 4.98 Å². The zero-order valence-electron chi connectivity index (χ0n) is 10.2. The molecule has 0 fully saturated rings. The van der Waals surface area contributed by atoms with Gasteiger partial charge in [-0.2, -0.15) is 0 Å². The highest BCUT2D eigenvalue weighted by molar-refractivity contribution is 6.31. The highest BCUT2D eigenvalue weighted by atomic mass is 35.5. The Hall–Kier alpha value is -1.58. The van der Waals surface area contributed by atoms with Crippen molar-refractivity contribution in [3.8, 4) is 0 Å². The van der Waals surface area contributed by atoms with Crippen molar-refractivity contribution in [2.45, 2.75) is 13.2 Å². The summed E-state index contributed by atoms with van der Waals surface area (Å²) in [4.78, 5) is 4.02. The Morgan fingerprint density at radius 1 is 1.22 bits per heavy atom. The molecule has 0 aliphatic carbocycles. The highest BCUT2D eigenvalue weighted by Crippen LogP contribution is 2.18. The van der Waals surface area contributed by atoms with Gasteiger partial charge < -0.3 is 10.1 Å². The van der Waals surface area contributed by atoms with Gasteiger partial charge in [0.15, 0.2) is 5.15 Å². The number of rotatable bonds is 5. The minimum atomic E-state index is 0.491. The normalized spacial score (nSPS) is 10.3. The molecule has 0 bridgehead atoms. The first-order chi connectivity index (χ1) is 8.79. The molecule has 0 atom stereocenters. The van der Waals surface area contributed by atoms with Crippen LogP contribution < -0.4 is 5.32 Å². The maximum absolute atomic E-state index is 5.98. The van der Waals surface area contributed by atoms with Gasteiger partial charge in [-0.25, -0.2) is 4.98 Å². The van der Waals surface area contributed by atoms with Crippen LogP contribution in [0.3, 0.4) is 0 Å². The molecule has 0 aliphatic rings. The third-order valence-corrected chi connectivity index (χ3v) is 2.85. The molecule has 1 aromatic heterocycles. The summed E-state index contributed by atoms with van der Waals surface area (Å²) in [5, 5.41) is 3.75. The molecule has 94 valence electrons. The Kier molecular flexibility index (Phi) is 4.56. The van der Waals surface area contributed by atoms with E-state index in [0.717, 1.165) is 11.3 Å². The summed E-state index contributed by atoms with van der Waals surface area (Å²) in [6, 6.07) is 12.0. The second-order valence-electron chi connectivity index (χ2n) is 3.95. The van der Waals surface area contributed by atoms with Crippen LogP contribution in [0.1, 0.15) is 11.1 Å². The summed E-state index contributed by atoms with van der Waals surface area (Å²) in [6.45, 7) is 1.34. The lowest BCUT2D eigenvalue weighted by Crippen LogP contribution is -2.01. The van der Waals surface area contributed by atoms with Crippen molar-refractivity contribution in [2.24, 2.45) is 0 Å². The summed E-state index contributed by atoms with van der Waals surface area (Å²) < 4.78 is 5.11. The lowest BCUT2D eigenvalue weighted by molar-refractivity contribution is 0.185. The molecular weight excluding hydrogens is 248 g/mol. The fourth-order valence-corrected chi connectivity index (χ4v) is 1.90.